The highest BCUT2D eigenvalue weighted by Gasteiger charge is 2.21. The van der Waals surface area contributed by atoms with E-state index in [0.29, 0.717) is 13.0 Å². The fourth-order valence-electron chi connectivity index (χ4n) is 2.43. The summed E-state index contributed by atoms with van der Waals surface area (Å²) < 4.78 is 5.40. The minimum Gasteiger partial charge on any atom is -0.494 e. The second-order valence-electron chi connectivity index (χ2n) is 5.03. The quantitative estimate of drug-likeness (QED) is 0.877. The fraction of sp³-hybridized carbons (Fsp3) is 0.278. The molecule has 0 aliphatic rings. The van der Waals surface area contributed by atoms with Crippen molar-refractivity contribution in [2.45, 2.75) is 26.2 Å². The molecule has 1 atom stereocenters. The number of carboxylic acid groups (broad SMARTS) is 1. The minimum absolute atomic E-state index is 0.479. The van der Waals surface area contributed by atoms with Gasteiger partial charge in [0, 0.05) is 0 Å². The Morgan fingerprint density at radius 2 is 1.81 bits per heavy atom. The Hall–Kier alpha value is -2.29. The summed E-state index contributed by atoms with van der Waals surface area (Å²) in [5.41, 5.74) is 2.88. The van der Waals surface area contributed by atoms with E-state index in [1.165, 1.54) is 0 Å². The molecule has 21 heavy (non-hydrogen) atoms. The lowest BCUT2D eigenvalue weighted by molar-refractivity contribution is -0.138. The van der Waals surface area contributed by atoms with Crippen molar-refractivity contribution < 1.29 is 14.6 Å². The van der Waals surface area contributed by atoms with Gasteiger partial charge >= 0.3 is 5.97 Å². The fourth-order valence-corrected chi connectivity index (χ4v) is 2.43. The van der Waals surface area contributed by atoms with Crippen LogP contribution in [0.15, 0.2) is 48.5 Å². The predicted molar refractivity (Wildman–Crippen MR) is 82.9 cm³/mol. The molecule has 0 heterocycles. The van der Waals surface area contributed by atoms with Crippen LogP contribution >= 0.6 is 0 Å². The molecule has 2 aromatic carbocycles. The van der Waals surface area contributed by atoms with E-state index in [1.807, 2.05) is 62.4 Å². The Kier molecular flexibility index (Phi) is 4.99. The van der Waals surface area contributed by atoms with Crippen LogP contribution in [0.3, 0.4) is 0 Å². The molecule has 0 aliphatic carbocycles. The zero-order valence-corrected chi connectivity index (χ0v) is 12.4. The van der Waals surface area contributed by atoms with Crippen LogP contribution in [0.1, 0.15) is 29.5 Å². The first kappa shape index (κ1) is 15.1. The van der Waals surface area contributed by atoms with Gasteiger partial charge in [-0.15, -0.1) is 0 Å². The average Bonchev–Trinajstić information content (AvgIpc) is 2.47. The molecule has 0 aromatic heterocycles. The van der Waals surface area contributed by atoms with Gasteiger partial charge in [-0.2, -0.15) is 0 Å². The molecule has 2 rings (SSSR count). The molecule has 0 saturated heterocycles. The van der Waals surface area contributed by atoms with Crippen molar-refractivity contribution in [3.8, 4) is 5.75 Å². The van der Waals surface area contributed by atoms with Crippen molar-refractivity contribution in [2.24, 2.45) is 0 Å². The Morgan fingerprint density at radius 3 is 2.38 bits per heavy atom. The Labute approximate surface area is 125 Å². The normalized spacial score (nSPS) is 11.9. The summed E-state index contributed by atoms with van der Waals surface area (Å²) in [5, 5.41) is 9.53. The van der Waals surface area contributed by atoms with Crippen LogP contribution in [0.25, 0.3) is 0 Å². The maximum atomic E-state index is 11.6. The number of rotatable bonds is 6. The number of hydrogen-bond donors (Lipinski definition) is 1. The highest BCUT2D eigenvalue weighted by atomic mass is 16.5. The number of benzene rings is 2. The van der Waals surface area contributed by atoms with E-state index in [-0.39, 0.29) is 0 Å². The molecule has 1 N–H and O–H groups in total. The SMILES string of the molecule is CCOc1ccc(CC(C(=O)O)c2ccccc2C)cc1. The van der Waals surface area contributed by atoms with Crippen molar-refractivity contribution >= 4 is 5.97 Å². The lowest BCUT2D eigenvalue weighted by atomic mass is 9.89. The van der Waals surface area contributed by atoms with E-state index in [2.05, 4.69) is 0 Å². The number of hydrogen-bond acceptors (Lipinski definition) is 2. The van der Waals surface area contributed by atoms with Gasteiger partial charge in [-0.3, -0.25) is 4.79 Å². The zero-order valence-electron chi connectivity index (χ0n) is 12.4. The van der Waals surface area contributed by atoms with E-state index in [0.717, 1.165) is 22.4 Å². The molecular formula is C18H20O3. The smallest absolute Gasteiger partial charge is 0.311 e. The van der Waals surface area contributed by atoms with Crippen LogP contribution in [0.2, 0.25) is 0 Å². The van der Waals surface area contributed by atoms with Gasteiger partial charge in [-0.25, -0.2) is 0 Å². The third-order valence-electron chi connectivity index (χ3n) is 3.54. The van der Waals surface area contributed by atoms with Crippen LogP contribution in [0.4, 0.5) is 0 Å². The molecule has 0 spiro atoms. The van der Waals surface area contributed by atoms with Gasteiger partial charge in [-0.05, 0) is 49.1 Å². The summed E-state index contributed by atoms with van der Waals surface area (Å²) in [6, 6.07) is 15.3. The van der Waals surface area contributed by atoms with Gasteiger partial charge in [0.2, 0.25) is 0 Å². The number of carboxylic acids is 1. The largest absolute Gasteiger partial charge is 0.494 e. The van der Waals surface area contributed by atoms with E-state index < -0.39 is 11.9 Å². The van der Waals surface area contributed by atoms with Crippen LogP contribution in [-0.2, 0) is 11.2 Å². The second kappa shape index (κ2) is 6.93. The van der Waals surface area contributed by atoms with E-state index >= 15 is 0 Å². The van der Waals surface area contributed by atoms with E-state index in [1.54, 1.807) is 0 Å². The summed E-state index contributed by atoms with van der Waals surface area (Å²) in [5.74, 6) is -0.508. The average molecular weight is 284 g/mol. The van der Waals surface area contributed by atoms with Crippen molar-refractivity contribution in [1.29, 1.82) is 0 Å². The van der Waals surface area contributed by atoms with Crippen LogP contribution < -0.4 is 4.74 Å². The first-order valence-corrected chi connectivity index (χ1v) is 7.12. The molecule has 0 saturated carbocycles. The molecule has 3 nitrogen and oxygen atoms in total. The third kappa shape index (κ3) is 3.85. The predicted octanol–water partition coefficient (Wildman–Crippen LogP) is 3.80. The molecule has 0 amide bonds. The standard InChI is InChI=1S/C18H20O3/c1-3-21-15-10-8-14(9-11-15)12-17(18(19)20)16-7-5-4-6-13(16)2/h4-11,17H,3,12H2,1-2H3,(H,19,20). The van der Waals surface area contributed by atoms with Crippen molar-refractivity contribution in [3.05, 3.63) is 65.2 Å². The third-order valence-corrected chi connectivity index (χ3v) is 3.54. The van der Waals surface area contributed by atoms with Crippen LogP contribution in [0.5, 0.6) is 5.75 Å². The summed E-state index contributed by atoms with van der Waals surface area (Å²) in [4.78, 5) is 11.6. The molecule has 1 unspecified atom stereocenters. The highest BCUT2D eigenvalue weighted by molar-refractivity contribution is 5.77. The van der Waals surface area contributed by atoms with Crippen molar-refractivity contribution in [3.63, 3.8) is 0 Å². The first-order valence-electron chi connectivity index (χ1n) is 7.12. The van der Waals surface area contributed by atoms with E-state index in [9.17, 15) is 9.90 Å². The zero-order chi connectivity index (χ0) is 15.2. The summed E-state index contributed by atoms with van der Waals surface area (Å²) >= 11 is 0. The molecule has 0 fully saturated rings. The van der Waals surface area contributed by atoms with Crippen LogP contribution in [0, 0.1) is 6.92 Å². The Balaban J connectivity index is 2.21. The van der Waals surface area contributed by atoms with Gasteiger partial charge in [0.25, 0.3) is 0 Å². The second-order valence-corrected chi connectivity index (χ2v) is 5.03. The van der Waals surface area contributed by atoms with E-state index in [4.69, 9.17) is 4.74 Å². The lowest BCUT2D eigenvalue weighted by Gasteiger charge is -2.15. The van der Waals surface area contributed by atoms with Crippen LogP contribution in [-0.4, -0.2) is 17.7 Å². The maximum absolute atomic E-state index is 11.6. The van der Waals surface area contributed by atoms with Gasteiger partial charge in [0.05, 0.1) is 12.5 Å². The van der Waals surface area contributed by atoms with Crippen molar-refractivity contribution in [1.82, 2.24) is 0 Å². The number of ether oxygens (including phenoxy) is 1. The Bertz CT molecular complexity index is 602. The number of aryl methyl sites for hydroxylation is 1. The maximum Gasteiger partial charge on any atom is 0.311 e. The van der Waals surface area contributed by atoms with Gasteiger partial charge in [0.15, 0.2) is 0 Å². The number of aliphatic carboxylic acids is 1. The molecular weight excluding hydrogens is 264 g/mol. The minimum atomic E-state index is -0.793. The van der Waals surface area contributed by atoms with Gasteiger partial charge < -0.3 is 9.84 Å². The molecule has 0 aliphatic heterocycles. The topological polar surface area (TPSA) is 46.5 Å². The lowest BCUT2D eigenvalue weighted by Crippen LogP contribution is -2.15. The molecule has 0 bridgehead atoms. The Morgan fingerprint density at radius 1 is 1.14 bits per heavy atom. The molecule has 2 aromatic rings. The van der Waals surface area contributed by atoms with Gasteiger partial charge in [-0.1, -0.05) is 36.4 Å². The number of carbonyl (C=O) groups is 1. The molecule has 3 heteroatoms. The monoisotopic (exact) mass is 284 g/mol. The van der Waals surface area contributed by atoms with Crippen molar-refractivity contribution in [2.75, 3.05) is 6.61 Å². The summed E-state index contributed by atoms with van der Waals surface area (Å²) in [6.07, 6.45) is 0.479. The highest BCUT2D eigenvalue weighted by Crippen LogP contribution is 2.25. The summed E-state index contributed by atoms with van der Waals surface area (Å²) in [7, 11) is 0. The molecule has 0 radical (unpaired) electrons. The summed E-state index contributed by atoms with van der Waals surface area (Å²) in [6.45, 7) is 4.51. The first-order chi connectivity index (χ1) is 10.1. The molecule has 110 valence electrons. The van der Waals surface area contributed by atoms with Gasteiger partial charge in [0.1, 0.15) is 5.75 Å².